The molecule has 0 aromatic heterocycles. The molecular weight excluding hydrogens is 120 g/mol. The molecule has 0 aliphatic carbocycles. The third kappa shape index (κ3) is 5.03. The molecule has 3 nitrogen and oxygen atoms in total. The second kappa shape index (κ2) is 4.09. The minimum absolute atomic E-state index is 0.448. The van der Waals surface area contributed by atoms with Crippen molar-refractivity contribution in [2.75, 3.05) is 7.11 Å². The summed E-state index contributed by atoms with van der Waals surface area (Å²) in [7, 11) is 1.29. The van der Waals surface area contributed by atoms with E-state index in [-0.39, 0.29) is 0 Å². The van der Waals surface area contributed by atoms with Crippen LogP contribution in [0.5, 0.6) is 0 Å². The van der Waals surface area contributed by atoms with Crippen molar-refractivity contribution in [1.29, 1.82) is 0 Å². The Morgan fingerprint density at radius 2 is 2.33 bits per heavy atom. The van der Waals surface area contributed by atoms with Crippen molar-refractivity contribution in [2.24, 2.45) is 0 Å². The van der Waals surface area contributed by atoms with Crippen LogP contribution in [-0.2, 0) is 9.53 Å². The zero-order valence-corrected chi connectivity index (χ0v) is 5.50. The summed E-state index contributed by atoms with van der Waals surface area (Å²) in [5.74, 6) is -0.448. The highest BCUT2D eigenvalue weighted by molar-refractivity contribution is 5.81. The molecule has 0 aromatic carbocycles. The lowest BCUT2D eigenvalue weighted by atomic mass is 10.3. The summed E-state index contributed by atoms with van der Waals surface area (Å²) < 4.78 is 4.26. The Balaban J connectivity index is 3.57. The molecule has 0 amide bonds. The van der Waals surface area contributed by atoms with E-state index in [2.05, 4.69) is 4.74 Å². The first-order chi connectivity index (χ1) is 4.16. The number of aliphatic hydroxyl groups is 1. The molecule has 0 aromatic rings. The van der Waals surface area contributed by atoms with Gasteiger partial charge in [-0.3, -0.25) is 0 Å². The Labute approximate surface area is 53.9 Å². The van der Waals surface area contributed by atoms with Crippen molar-refractivity contribution in [3.05, 3.63) is 12.2 Å². The first kappa shape index (κ1) is 8.17. The van der Waals surface area contributed by atoms with Crippen molar-refractivity contribution in [2.45, 2.75) is 13.0 Å². The molecule has 0 saturated heterocycles. The molecule has 0 radical (unpaired) electrons. The number of aliphatic hydroxyl groups excluding tert-OH is 1. The maximum Gasteiger partial charge on any atom is 0.330 e. The quantitative estimate of drug-likeness (QED) is 0.426. The number of esters is 1. The minimum Gasteiger partial charge on any atom is -0.466 e. The highest BCUT2D eigenvalue weighted by Crippen LogP contribution is 1.83. The van der Waals surface area contributed by atoms with E-state index >= 15 is 0 Å². The summed E-state index contributed by atoms with van der Waals surface area (Å²) in [6.45, 7) is 1.56. The minimum atomic E-state index is -0.593. The molecule has 0 fully saturated rings. The van der Waals surface area contributed by atoms with Crippen LogP contribution in [0.15, 0.2) is 12.2 Å². The van der Waals surface area contributed by atoms with Gasteiger partial charge in [0.25, 0.3) is 0 Å². The average Bonchev–Trinajstić information content (AvgIpc) is 1.83. The summed E-state index contributed by atoms with van der Waals surface area (Å²) in [6, 6.07) is 0. The number of methoxy groups -OCH3 is 1. The van der Waals surface area contributed by atoms with Crippen LogP contribution in [0.1, 0.15) is 6.92 Å². The normalized spacial score (nSPS) is 13.7. The van der Waals surface area contributed by atoms with E-state index in [9.17, 15) is 4.79 Å². The Morgan fingerprint density at radius 3 is 2.67 bits per heavy atom. The maximum absolute atomic E-state index is 10.3. The zero-order chi connectivity index (χ0) is 7.28. The molecule has 0 aliphatic heterocycles. The molecule has 3 heteroatoms. The topological polar surface area (TPSA) is 46.5 Å². The third-order valence-corrected chi connectivity index (χ3v) is 0.712. The van der Waals surface area contributed by atoms with Crippen molar-refractivity contribution >= 4 is 5.97 Å². The molecule has 9 heavy (non-hydrogen) atoms. The molecule has 0 heterocycles. The van der Waals surface area contributed by atoms with Gasteiger partial charge in [0.05, 0.1) is 13.2 Å². The van der Waals surface area contributed by atoms with Crippen molar-refractivity contribution in [3.8, 4) is 0 Å². The van der Waals surface area contributed by atoms with Gasteiger partial charge in [-0.2, -0.15) is 0 Å². The number of rotatable bonds is 2. The van der Waals surface area contributed by atoms with Crippen molar-refractivity contribution < 1.29 is 14.6 Å². The predicted molar refractivity (Wildman–Crippen MR) is 32.8 cm³/mol. The van der Waals surface area contributed by atoms with E-state index in [0.717, 1.165) is 0 Å². The van der Waals surface area contributed by atoms with Gasteiger partial charge in [0.15, 0.2) is 0 Å². The first-order valence-corrected chi connectivity index (χ1v) is 2.61. The number of hydrogen-bond donors (Lipinski definition) is 1. The molecule has 0 bridgehead atoms. The van der Waals surface area contributed by atoms with Crippen LogP contribution < -0.4 is 0 Å². The number of ether oxygens (including phenoxy) is 1. The maximum atomic E-state index is 10.3. The Morgan fingerprint density at radius 1 is 1.78 bits per heavy atom. The van der Waals surface area contributed by atoms with E-state index in [0.29, 0.717) is 0 Å². The predicted octanol–water partition coefficient (Wildman–Crippen LogP) is 0.0964. The summed E-state index contributed by atoms with van der Waals surface area (Å²) in [5, 5.41) is 8.60. The van der Waals surface area contributed by atoms with Gasteiger partial charge in [0, 0.05) is 6.08 Å². The van der Waals surface area contributed by atoms with Crippen LogP contribution in [-0.4, -0.2) is 24.3 Å². The SMILES string of the molecule is COC(=O)/C=C\[C@H](C)O. The van der Waals surface area contributed by atoms with E-state index in [1.54, 1.807) is 6.92 Å². The van der Waals surface area contributed by atoms with Crippen LogP contribution in [0, 0.1) is 0 Å². The zero-order valence-electron chi connectivity index (χ0n) is 5.50. The van der Waals surface area contributed by atoms with Gasteiger partial charge in [0.1, 0.15) is 0 Å². The molecular formula is C6H10O3. The Hall–Kier alpha value is -0.830. The molecule has 0 unspecified atom stereocenters. The van der Waals surface area contributed by atoms with Crippen LogP contribution in [0.2, 0.25) is 0 Å². The van der Waals surface area contributed by atoms with Crippen LogP contribution in [0.4, 0.5) is 0 Å². The van der Waals surface area contributed by atoms with Crippen LogP contribution in [0.25, 0.3) is 0 Å². The molecule has 0 spiro atoms. The fourth-order valence-corrected chi connectivity index (χ4v) is 0.286. The van der Waals surface area contributed by atoms with Gasteiger partial charge >= 0.3 is 5.97 Å². The summed E-state index contributed by atoms with van der Waals surface area (Å²) in [4.78, 5) is 10.3. The molecule has 0 rings (SSSR count). The fourth-order valence-electron chi connectivity index (χ4n) is 0.286. The van der Waals surface area contributed by atoms with E-state index in [1.807, 2.05) is 0 Å². The van der Waals surface area contributed by atoms with Gasteiger partial charge in [-0.15, -0.1) is 0 Å². The van der Waals surface area contributed by atoms with Gasteiger partial charge in [-0.05, 0) is 13.0 Å². The molecule has 0 saturated carbocycles. The van der Waals surface area contributed by atoms with Crippen LogP contribution >= 0.6 is 0 Å². The number of carbonyl (C=O) groups is 1. The standard InChI is InChI=1S/C6H10O3/c1-5(7)3-4-6(8)9-2/h3-5,7H,1-2H3/b4-3-/t5-/m0/s1. The highest BCUT2D eigenvalue weighted by Gasteiger charge is 1.91. The molecule has 0 aliphatic rings. The first-order valence-electron chi connectivity index (χ1n) is 2.61. The van der Waals surface area contributed by atoms with Crippen molar-refractivity contribution in [3.63, 3.8) is 0 Å². The number of hydrogen-bond acceptors (Lipinski definition) is 3. The van der Waals surface area contributed by atoms with E-state index in [4.69, 9.17) is 5.11 Å². The molecule has 1 atom stereocenters. The van der Waals surface area contributed by atoms with Gasteiger partial charge in [0.2, 0.25) is 0 Å². The van der Waals surface area contributed by atoms with Gasteiger partial charge in [-0.25, -0.2) is 4.79 Å². The second-order valence-electron chi connectivity index (χ2n) is 1.62. The molecule has 1 N–H and O–H groups in total. The summed E-state index contributed by atoms with van der Waals surface area (Å²) in [6.07, 6.45) is 1.94. The summed E-state index contributed by atoms with van der Waals surface area (Å²) >= 11 is 0. The van der Waals surface area contributed by atoms with E-state index < -0.39 is 12.1 Å². The second-order valence-corrected chi connectivity index (χ2v) is 1.62. The largest absolute Gasteiger partial charge is 0.466 e. The van der Waals surface area contributed by atoms with Crippen LogP contribution in [0.3, 0.4) is 0 Å². The Bertz CT molecular complexity index is 115. The number of carbonyl (C=O) groups excluding carboxylic acids is 1. The van der Waals surface area contributed by atoms with Crippen molar-refractivity contribution in [1.82, 2.24) is 0 Å². The fraction of sp³-hybridized carbons (Fsp3) is 0.500. The Kier molecular flexibility index (Phi) is 3.71. The smallest absolute Gasteiger partial charge is 0.330 e. The molecule has 52 valence electrons. The van der Waals surface area contributed by atoms with Gasteiger partial charge < -0.3 is 9.84 Å². The monoisotopic (exact) mass is 130 g/mol. The lowest BCUT2D eigenvalue weighted by Crippen LogP contribution is -1.98. The highest BCUT2D eigenvalue weighted by atomic mass is 16.5. The lowest BCUT2D eigenvalue weighted by molar-refractivity contribution is -0.134. The van der Waals surface area contributed by atoms with E-state index in [1.165, 1.54) is 19.3 Å². The average molecular weight is 130 g/mol. The third-order valence-electron chi connectivity index (χ3n) is 0.712. The van der Waals surface area contributed by atoms with Gasteiger partial charge in [-0.1, -0.05) is 0 Å². The summed E-state index contributed by atoms with van der Waals surface area (Å²) in [5.41, 5.74) is 0. The lowest BCUT2D eigenvalue weighted by Gasteiger charge is -1.91.